The molecule has 0 aromatic heterocycles. The van der Waals surface area contributed by atoms with Gasteiger partial charge in [0, 0.05) is 0 Å². The Morgan fingerprint density at radius 1 is 0.933 bits per heavy atom. The normalized spacial score (nSPS) is 11.7. The molecule has 0 saturated carbocycles. The summed E-state index contributed by atoms with van der Waals surface area (Å²) in [4.78, 5) is 0. The Labute approximate surface area is 184 Å². The summed E-state index contributed by atoms with van der Waals surface area (Å²) in [5, 5.41) is 11.8. The van der Waals surface area contributed by atoms with Crippen molar-refractivity contribution in [2.45, 2.75) is 0 Å². The molecule has 2 aromatic carbocycles. The number of benzene rings is 2. The zero-order valence-corrected chi connectivity index (χ0v) is 18.6. The molecule has 0 atom stereocenters. The van der Waals surface area contributed by atoms with E-state index in [0.717, 1.165) is 10.0 Å². The maximum absolute atomic E-state index is 5.94. The minimum Gasteiger partial charge on any atom is -0.493 e. The van der Waals surface area contributed by atoms with Crippen molar-refractivity contribution in [2.75, 3.05) is 28.4 Å². The Morgan fingerprint density at radius 2 is 1.53 bits per heavy atom. The van der Waals surface area contributed by atoms with Gasteiger partial charge in [0.2, 0.25) is 5.96 Å². The van der Waals surface area contributed by atoms with Gasteiger partial charge in [0.15, 0.2) is 23.0 Å². The van der Waals surface area contributed by atoms with Crippen LogP contribution in [-0.2, 0) is 0 Å². The molecule has 0 aliphatic rings. The van der Waals surface area contributed by atoms with Crippen LogP contribution in [0.4, 0.5) is 0 Å². The van der Waals surface area contributed by atoms with Crippen LogP contribution in [0.3, 0.4) is 0 Å². The number of nitrogens with zero attached hydrogens (tertiary/aromatic N) is 3. The van der Waals surface area contributed by atoms with Gasteiger partial charge in [-0.15, -0.1) is 5.10 Å². The minimum atomic E-state index is -0.00418. The zero-order chi connectivity index (χ0) is 22.1. The molecule has 0 aliphatic carbocycles. The highest BCUT2D eigenvalue weighted by molar-refractivity contribution is 9.10. The molecule has 2 aromatic rings. The average Bonchev–Trinajstić information content (AvgIpc) is 2.72. The molecule has 0 bridgehead atoms. The minimum absolute atomic E-state index is 0.00418. The van der Waals surface area contributed by atoms with Gasteiger partial charge in [-0.2, -0.15) is 10.2 Å². The summed E-state index contributed by atoms with van der Waals surface area (Å²) in [6.07, 6.45) is 3.02. The molecule has 0 amide bonds. The van der Waals surface area contributed by atoms with Crippen LogP contribution in [-0.4, -0.2) is 54.7 Å². The van der Waals surface area contributed by atoms with Crippen LogP contribution in [0.2, 0.25) is 0 Å². The van der Waals surface area contributed by atoms with E-state index in [1.807, 2.05) is 6.07 Å². The van der Waals surface area contributed by atoms with Crippen LogP contribution in [0.1, 0.15) is 11.1 Å². The van der Waals surface area contributed by atoms with Gasteiger partial charge in [-0.05, 0) is 45.3 Å². The fourth-order valence-corrected chi connectivity index (χ4v) is 3.08. The van der Waals surface area contributed by atoms with Crippen LogP contribution >= 0.6 is 15.9 Å². The third-order valence-corrected chi connectivity index (χ3v) is 4.34. The second-order valence-corrected chi connectivity index (χ2v) is 6.54. The first-order valence-corrected chi connectivity index (χ1v) is 9.31. The quantitative estimate of drug-likeness (QED) is 0.260. The van der Waals surface area contributed by atoms with Gasteiger partial charge < -0.3 is 24.7 Å². The van der Waals surface area contributed by atoms with Gasteiger partial charge in [-0.25, -0.2) is 5.43 Å². The number of ether oxygens (including phenoxy) is 4. The molecule has 3 N–H and O–H groups in total. The molecule has 30 heavy (non-hydrogen) atoms. The lowest BCUT2D eigenvalue weighted by Gasteiger charge is -2.11. The smallest absolute Gasteiger partial charge is 0.234 e. The Bertz CT molecular complexity index is 982. The van der Waals surface area contributed by atoms with Crippen molar-refractivity contribution in [3.8, 4) is 23.0 Å². The van der Waals surface area contributed by atoms with Crippen molar-refractivity contribution in [2.24, 2.45) is 21.0 Å². The van der Waals surface area contributed by atoms with E-state index in [9.17, 15) is 0 Å². The van der Waals surface area contributed by atoms with Gasteiger partial charge >= 0.3 is 0 Å². The topological polar surface area (TPSA) is 112 Å². The van der Waals surface area contributed by atoms with Crippen molar-refractivity contribution in [3.63, 3.8) is 0 Å². The molecule has 11 heteroatoms. The molecule has 0 unspecified atom stereocenters. The first kappa shape index (κ1) is 23.1. The number of rotatable bonds is 8. The molecule has 2 rings (SSSR count). The summed E-state index contributed by atoms with van der Waals surface area (Å²) in [6, 6.07) is 6.98. The zero-order valence-electron chi connectivity index (χ0n) is 17.0. The van der Waals surface area contributed by atoms with Gasteiger partial charge in [0.25, 0.3) is 0 Å². The fourth-order valence-electron chi connectivity index (χ4n) is 2.46. The summed E-state index contributed by atoms with van der Waals surface area (Å²) < 4.78 is 21.7. The molecular formula is C19H21BBrN5O4. The molecule has 156 valence electrons. The number of guanidine groups is 1. The van der Waals surface area contributed by atoms with E-state index in [2.05, 4.69) is 36.7 Å². The highest BCUT2D eigenvalue weighted by Gasteiger charge is 2.09. The summed E-state index contributed by atoms with van der Waals surface area (Å²) in [7, 11) is 12.1. The molecule has 0 heterocycles. The van der Waals surface area contributed by atoms with Crippen molar-refractivity contribution >= 4 is 47.6 Å². The van der Waals surface area contributed by atoms with Crippen LogP contribution < -0.4 is 35.6 Å². The number of nitrogens with two attached hydrogens (primary N) is 1. The van der Waals surface area contributed by atoms with Gasteiger partial charge in [-0.1, -0.05) is 11.5 Å². The number of hydrogen-bond acceptors (Lipinski definition) is 7. The lowest BCUT2D eigenvalue weighted by atomic mass is 9.92. The molecule has 9 nitrogen and oxygen atoms in total. The average molecular weight is 474 g/mol. The van der Waals surface area contributed by atoms with Gasteiger partial charge in [-0.3, -0.25) is 0 Å². The van der Waals surface area contributed by atoms with Gasteiger partial charge in [0.1, 0.15) is 7.85 Å². The maximum atomic E-state index is 5.94. The van der Waals surface area contributed by atoms with E-state index in [-0.39, 0.29) is 5.96 Å². The van der Waals surface area contributed by atoms with E-state index in [1.54, 1.807) is 32.4 Å². The first-order chi connectivity index (χ1) is 14.4. The van der Waals surface area contributed by atoms with E-state index >= 15 is 0 Å². The van der Waals surface area contributed by atoms with Gasteiger partial charge in [0.05, 0.1) is 45.3 Å². The monoisotopic (exact) mass is 473 g/mol. The molecular weight excluding hydrogens is 453 g/mol. The third kappa shape index (κ3) is 5.90. The summed E-state index contributed by atoms with van der Waals surface area (Å²) in [5.74, 6) is 2.09. The van der Waals surface area contributed by atoms with E-state index in [0.29, 0.717) is 34.0 Å². The standard InChI is InChI=1S/C19H21BBrN5O4/c1-27-15-7-11(5-13(20)17(15)29-3)9-23-25-19(22)26-24-10-12-6-14(21)18(30-4)16(8-12)28-2/h5-10H,1-4H3,(H3,22,25,26)/b23-9+,24-10+. The van der Waals surface area contributed by atoms with E-state index < -0.39 is 0 Å². The maximum Gasteiger partial charge on any atom is 0.234 e. The summed E-state index contributed by atoms with van der Waals surface area (Å²) in [6.45, 7) is 0. The number of methoxy groups -OCH3 is 4. The third-order valence-electron chi connectivity index (χ3n) is 3.75. The predicted molar refractivity (Wildman–Crippen MR) is 122 cm³/mol. The Balaban J connectivity index is 2.06. The Morgan fingerprint density at radius 3 is 2.13 bits per heavy atom. The van der Waals surface area contributed by atoms with E-state index in [1.165, 1.54) is 26.6 Å². The summed E-state index contributed by atoms with van der Waals surface area (Å²) in [5.41, 5.74) is 10.2. The number of hydrazone groups is 1. The van der Waals surface area contributed by atoms with Crippen molar-refractivity contribution in [1.82, 2.24) is 5.43 Å². The van der Waals surface area contributed by atoms with Crippen LogP contribution in [0.15, 0.2) is 44.0 Å². The fraction of sp³-hybridized carbons (Fsp3) is 0.211. The SMILES string of the molecule is [B]c1cc(/C=N/NC(N)=N/N=C/c2cc(Br)c(OC)c(OC)c2)cc(OC)c1OC. The second kappa shape index (κ2) is 11.1. The number of halogens is 1. The largest absolute Gasteiger partial charge is 0.493 e. The van der Waals surface area contributed by atoms with Crippen molar-refractivity contribution in [3.05, 3.63) is 39.9 Å². The van der Waals surface area contributed by atoms with Crippen molar-refractivity contribution in [1.29, 1.82) is 0 Å². The highest BCUT2D eigenvalue weighted by Crippen LogP contribution is 2.35. The lowest BCUT2D eigenvalue weighted by molar-refractivity contribution is 0.353. The molecule has 0 aliphatic heterocycles. The van der Waals surface area contributed by atoms with Crippen LogP contribution in [0.25, 0.3) is 0 Å². The Kier molecular flexibility index (Phi) is 8.54. The number of nitrogens with one attached hydrogen (secondary N) is 1. The van der Waals surface area contributed by atoms with E-state index in [4.69, 9.17) is 32.5 Å². The van der Waals surface area contributed by atoms with Crippen molar-refractivity contribution < 1.29 is 18.9 Å². The molecule has 2 radical (unpaired) electrons. The summed E-state index contributed by atoms with van der Waals surface area (Å²) >= 11 is 3.42. The van der Waals surface area contributed by atoms with Crippen LogP contribution in [0, 0.1) is 0 Å². The lowest BCUT2D eigenvalue weighted by Crippen LogP contribution is -2.26. The second-order valence-electron chi connectivity index (χ2n) is 5.68. The number of hydrogen-bond donors (Lipinski definition) is 2. The highest BCUT2D eigenvalue weighted by atomic mass is 79.9. The first-order valence-electron chi connectivity index (χ1n) is 8.52. The molecule has 0 saturated heterocycles. The predicted octanol–water partition coefficient (Wildman–Crippen LogP) is 1.55. The Hall–Kier alpha value is -3.21. The molecule has 0 fully saturated rings. The molecule has 0 spiro atoms. The van der Waals surface area contributed by atoms with Crippen LogP contribution in [0.5, 0.6) is 23.0 Å².